The average Bonchev–Trinajstić information content (AvgIpc) is 2.84. The van der Waals surface area contributed by atoms with Crippen LogP contribution in [0.5, 0.6) is 0 Å². The first-order chi connectivity index (χ1) is 8.22. The molecule has 3 N–H and O–H groups in total. The molecule has 92 valence electrons. The quantitative estimate of drug-likeness (QED) is 0.617. The van der Waals surface area contributed by atoms with E-state index in [1.807, 2.05) is 12.1 Å². The monoisotopic (exact) mass is 232 g/mol. The smallest absolute Gasteiger partial charge is 0.141 e. The van der Waals surface area contributed by atoms with E-state index in [9.17, 15) is 0 Å². The van der Waals surface area contributed by atoms with Crippen LogP contribution in [-0.4, -0.2) is 23.4 Å². The summed E-state index contributed by atoms with van der Waals surface area (Å²) in [4.78, 5) is 6.51. The third kappa shape index (κ3) is 2.57. The Morgan fingerprint density at radius 3 is 2.82 bits per heavy atom. The van der Waals surface area contributed by atoms with Crippen molar-refractivity contribution in [1.29, 1.82) is 5.41 Å². The summed E-state index contributed by atoms with van der Waals surface area (Å²) < 4.78 is 0. The standard InChI is InChI=1S/C13H20N4/c1-2-17(10-5-3-4-6-10)11-7-8-16-12(9-11)13(14)15/h7-10H,2-6H2,1H3,(H3,14,15). The van der Waals surface area contributed by atoms with E-state index in [1.165, 1.54) is 25.7 Å². The molecule has 1 fully saturated rings. The zero-order valence-corrected chi connectivity index (χ0v) is 10.3. The normalized spacial score (nSPS) is 16.1. The van der Waals surface area contributed by atoms with Gasteiger partial charge in [-0.25, -0.2) is 0 Å². The lowest BCUT2D eigenvalue weighted by molar-refractivity contribution is 0.619. The molecule has 0 bridgehead atoms. The van der Waals surface area contributed by atoms with Gasteiger partial charge in [-0.05, 0) is 31.9 Å². The molecule has 1 aliphatic carbocycles. The summed E-state index contributed by atoms with van der Waals surface area (Å²) in [7, 11) is 0. The summed E-state index contributed by atoms with van der Waals surface area (Å²) in [5, 5.41) is 7.44. The lowest BCUT2D eigenvalue weighted by atomic mass is 10.1. The highest BCUT2D eigenvalue weighted by Gasteiger charge is 2.21. The predicted molar refractivity (Wildman–Crippen MR) is 70.5 cm³/mol. The van der Waals surface area contributed by atoms with Gasteiger partial charge in [0.05, 0.1) is 0 Å². The molecule has 4 heteroatoms. The molecule has 0 aromatic carbocycles. The van der Waals surface area contributed by atoms with Crippen LogP contribution in [0.3, 0.4) is 0 Å². The van der Waals surface area contributed by atoms with Crippen molar-refractivity contribution in [2.24, 2.45) is 5.73 Å². The van der Waals surface area contributed by atoms with Crippen LogP contribution in [0.4, 0.5) is 5.69 Å². The first-order valence-corrected chi connectivity index (χ1v) is 6.29. The zero-order valence-electron chi connectivity index (χ0n) is 10.3. The van der Waals surface area contributed by atoms with Gasteiger partial charge in [0.2, 0.25) is 0 Å². The van der Waals surface area contributed by atoms with E-state index < -0.39 is 0 Å². The molecule has 4 nitrogen and oxygen atoms in total. The number of aromatic nitrogens is 1. The van der Waals surface area contributed by atoms with E-state index >= 15 is 0 Å². The average molecular weight is 232 g/mol. The second-order valence-electron chi connectivity index (χ2n) is 4.54. The number of hydrogen-bond acceptors (Lipinski definition) is 3. The van der Waals surface area contributed by atoms with Crippen LogP contribution in [0, 0.1) is 5.41 Å². The molecule has 17 heavy (non-hydrogen) atoms. The maximum atomic E-state index is 7.44. The van der Waals surface area contributed by atoms with Crippen molar-refractivity contribution in [3.05, 3.63) is 24.0 Å². The van der Waals surface area contributed by atoms with Crippen molar-refractivity contribution in [3.8, 4) is 0 Å². The SMILES string of the molecule is CCN(c1ccnc(C(=N)N)c1)C1CCCC1. The van der Waals surface area contributed by atoms with Gasteiger partial charge in [0.25, 0.3) is 0 Å². The van der Waals surface area contributed by atoms with E-state index in [2.05, 4.69) is 16.8 Å². The largest absolute Gasteiger partial charge is 0.382 e. The topological polar surface area (TPSA) is 66.0 Å². The molecule has 1 heterocycles. The molecular weight excluding hydrogens is 212 g/mol. The molecule has 0 unspecified atom stereocenters. The molecule has 1 aliphatic rings. The Hall–Kier alpha value is -1.58. The lowest BCUT2D eigenvalue weighted by Gasteiger charge is -2.30. The van der Waals surface area contributed by atoms with Crippen LogP contribution < -0.4 is 10.6 Å². The fourth-order valence-corrected chi connectivity index (χ4v) is 2.61. The summed E-state index contributed by atoms with van der Waals surface area (Å²) >= 11 is 0. The van der Waals surface area contributed by atoms with Crippen LogP contribution >= 0.6 is 0 Å². The summed E-state index contributed by atoms with van der Waals surface area (Å²) in [5.41, 5.74) is 7.19. The maximum absolute atomic E-state index is 7.44. The fraction of sp³-hybridized carbons (Fsp3) is 0.538. The number of nitrogens with zero attached hydrogens (tertiary/aromatic N) is 2. The molecule has 0 radical (unpaired) electrons. The summed E-state index contributed by atoms with van der Waals surface area (Å²) in [6.07, 6.45) is 6.93. The second kappa shape index (κ2) is 5.17. The van der Waals surface area contributed by atoms with Gasteiger partial charge < -0.3 is 10.6 Å². The first-order valence-electron chi connectivity index (χ1n) is 6.29. The highest BCUT2D eigenvalue weighted by Crippen LogP contribution is 2.27. The zero-order chi connectivity index (χ0) is 12.3. The number of amidine groups is 1. The molecule has 0 aliphatic heterocycles. The number of pyridine rings is 1. The van der Waals surface area contributed by atoms with Crippen LogP contribution in [0.2, 0.25) is 0 Å². The van der Waals surface area contributed by atoms with Crippen molar-refractivity contribution in [3.63, 3.8) is 0 Å². The van der Waals surface area contributed by atoms with Gasteiger partial charge in [0, 0.05) is 24.5 Å². The maximum Gasteiger partial charge on any atom is 0.141 e. The Labute approximate surface area is 102 Å². The number of hydrogen-bond donors (Lipinski definition) is 2. The Morgan fingerprint density at radius 1 is 1.53 bits per heavy atom. The van der Waals surface area contributed by atoms with Crippen molar-refractivity contribution in [2.75, 3.05) is 11.4 Å². The van der Waals surface area contributed by atoms with E-state index in [1.54, 1.807) is 6.20 Å². The Morgan fingerprint density at radius 2 is 2.24 bits per heavy atom. The van der Waals surface area contributed by atoms with Crippen molar-refractivity contribution >= 4 is 11.5 Å². The molecular formula is C13H20N4. The van der Waals surface area contributed by atoms with Gasteiger partial charge in [-0.15, -0.1) is 0 Å². The lowest BCUT2D eigenvalue weighted by Crippen LogP contribution is -2.33. The van der Waals surface area contributed by atoms with Gasteiger partial charge >= 0.3 is 0 Å². The molecule has 1 aromatic rings. The Bertz CT molecular complexity index is 396. The van der Waals surface area contributed by atoms with Crippen molar-refractivity contribution < 1.29 is 0 Å². The van der Waals surface area contributed by atoms with Crippen LogP contribution in [0.25, 0.3) is 0 Å². The molecule has 0 saturated heterocycles. The van der Waals surface area contributed by atoms with Gasteiger partial charge in [-0.3, -0.25) is 10.4 Å². The number of nitrogens with one attached hydrogen (secondary N) is 1. The second-order valence-corrected chi connectivity index (χ2v) is 4.54. The molecule has 0 spiro atoms. The molecule has 1 aromatic heterocycles. The van der Waals surface area contributed by atoms with Crippen LogP contribution in [0.1, 0.15) is 38.3 Å². The van der Waals surface area contributed by atoms with Crippen molar-refractivity contribution in [1.82, 2.24) is 4.98 Å². The molecule has 0 atom stereocenters. The minimum absolute atomic E-state index is 0.0364. The van der Waals surface area contributed by atoms with Gasteiger partial charge in [0.1, 0.15) is 11.5 Å². The highest BCUT2D eigenvalue weighted by atomic mass is 15.2. The predicted octanol–water partition coefficient (Wildman–Crippen LogP) is 2.13. The molecule has 2 rings (SSSR count). The minimum Gasteiger partial charge on any atom is -0.382 e. The summed E-state index contributed by atoms with van der Waals surface area (Å²) in [6, 6.07) is 4.57. The third-order valence-electron chi connectivity index (χ3n) is 3.46. The van der Waals surface area contributed by atoms with E-state index in [-0.39, 0.29) is 5.84 Å². The van der Waals surface area contributed by atoms with Crippen LogP contribution in [0.15, 0.2) is 18.3 Å². The van der Waals surface area contributed by atoms with E-state index in [4.69, 9.17) is 11.1 Å². The number of nitrogen functional groups attached to an aromatic ring is 1. The molecule has 1 saturated carbocycles. The van der Waals surface area contributed by atoms with E-state index in [0.717, 1.165) is 12.2 Å². The van der Waals surface area contributed by atoms with Gasteiger partial charge in [-0.2, -0.15) is 0 Å². The first kappa shape index (κ1) is 11.9. The number of anilines is 1. The van der Waals surface area contributed by atoms with Crippen LogP contribution in [-0.2, 0) is 0 Å². The Balaban J connectivity index is 2.23. The van der Waals surface area contributed by atoms with Gasteiger partial charge in [-0.1, -0.05) is 12.8 Å². The highest BCUT2D eigenvalue weighted by molar-refractivity contribution is 5.93. The third-order valence-corrected chi connectivity index (χ3v) is 3.46. The minimum atomic E-state index is 0.0364. The fourth-order valence-electron chi connectivity index (χ4n) is 2.61. The molecule has 0 amide bonds. The van der Waals surface area contributed by atoms with Gasteiger partial charge in [0.15, 0.2) is 0 Å². The summed E-state index contributed by atoms with van der Waals surface area (Å²) in [6.45, 7) is 3.16. The number of rotatable bonds is 4. The summed E-state index contributed by atoms with van der Waals surface area (Å²) in [5.74, 6) is 0.0364. The Kier molecular flexibility index (Phi) is 3.61. The van der Waals surface area contributed by atoms with E-state index in [0.29, 0.717) is 11.7 Å². The van der Waals surface area contributed by atoms with Crippen molar-refractivity contribution in [2.45, 2.75) is 38.6 Å². The number of nitrogens with two attached hydrogens (primary N) is 1.